The van der Waals surface area contributed by atoms with Crippen molar-refractivity contribution in [3.8, 4) is 11.8 Å². The molecule has 0 bridgehead atoms. The summed E-state index contributed by atoms with van der Waals surface area (Å²) in [4.78, 5) is 0. The highest BCUT2D eigenvalue weighted by molar-refractivity contribution is 6.48. The maximum atomic E-state index is 8.36. The average molecular weight is 194 g/mol. The maximum Gasteiger partial charge on any atom is 0.118 e. The smallest absolute Gasteiger partial charge is 0.118 e. The lowest BCUT2D eigenvalue weighted by molar-refractivity contribution is 0.415. The molecule has 2 nitrogen and oxygen atoms in total. The molecule has 0 fully saturated rings. The molecule has 0 unspecified atom stereocenters. The van der Waals surface area contributed by atoms with Crippen molar-refractivity contribution in [3.63, 3.8) is 0 Å². The molecule has 3 heteroatoms. The van der Waals surface area contributed by atoms with Crippen LogP contribution in [0.3, 0.4) is 0 Å². The predicted octanol–water partition coefficient (Wildman–Crippen LogP) is 2.80. The Hall–Kier alpha value is -1.46. The Morgan fingerprint density at radius 1 is 1.46 bits per heavy atom. The Morgan fingerprint density at radius 3 is 2.54 bits per heavy atom. The van der Waals surface area contributed by atoms with E-state index in [1.54, 1.807) is 31.4 Å². The summed E-state index contributed by atoms with van der Waals surface area (Å²) in [5, 5.41) is 8.80. The van der Waals surface area contributed by atoms with E-state index in [-0.39, 0.29) is 0 Å². The third-order valence-electron chi connectivity index (χ3n) is 1.56. The van der Waals surface area contributed by atoms with Gasteiger partial charge in [-0.2, -0.15) is 5.26 Å². The van der Waals surface area contributed by atoms with Crippen LogP contribution < -0.4 is 4.74 Å². The van der Waals surface area contributed by atoms with E-state index in [1.165, 1.54) is 6.08 Å². The third-order valence-corrected chi connectivity index (χ3v) is 1.88. The predicted molar refractivity (Wildman–Crippen MR) is 52.4 cm³/mol. The zero-order chi connectivity index (χ0) is 9.68. The molecule has 0 amide bonds. The van der Waals surface area contributed by atoms with Gasteiger partial charge in [-0.3, -0.25) is 0 Å². The fourth-order valence-electron chi connectivity index (χ4n) is 0.890. The molecule has 66 valence electrons. The number of hydrogen-bond acceptors (Lipinski definition) is 2. The summed E-state index contributed by atoms with van der Waals surface area (Å²) in [6.45, 7) is 0. The molecule has 13 heavy (non-hydrogen) atoms. The monoisotopic (exact) mass is 193 g/mol. The number of halogens is 1. The van der Waals surface area contributed by atoms with Crippen molar-refractivity contribution >= 4 is 16.6 Å². The number of rotatable bonds is 2. The topological polar surface area (TPSA) is 33.0 Å². The van der Waals surface area contributed by atoms with E-state index in [9.17, 15) is 0 Å². The van der Waals surface area contributed by atoms with Gasteiger partial charge in [0.05, 0.1) is 18.2 Å². The molecule has 0 atom stereocenters. The summed E-state index contributed by atoms with van der Waals surface area (Å²) in [5.74, 6) is 0.769. The Balaban J connectivity index is 2.94. The number of methoxy groups -OCH3 is 1. The molecule has 0 spiro atoms. The van der Waals surface area contributed by atoms with Crippen molar-refractivity contribution in [1.82, 2.24) is 0 Å². The quantitative estimate of drug-likeness (QED) is 0.677. The van der Waals surface area contributed by atoms with Crippen LogP contribution >= 0.6 is 11.6 Å². The van der Waals surface area contributed by atoms with Crippen LogP contribution in [0.2, 0.25) is 0 Å². The lowest BCUT2D eigenvalue weighted by Gasteiger charge is -2.00. The van der Waals surface area contributed by atoms with Gasteiger partial charge < -0.3 is 4.74 Å². The second-order valence-electron chi connectivity index (χ2n) is 2.35. The minimum Gasteiger partial charge on any atom is -0.497 e. The second-order valence-corrected chi connectivity index (χ2v) is 2.76. The molecule has 0 heterocycles. The Morgan fingerprint density at radius 2 is 2.08 bits per heavy atom. The third kappa shape index (κ3) is 2.50. The standard InChI is InChI=1S/C10H8ClNO/c1-13-9-4-2-8(3-5-9)10(11)6-7-12/h2-6H,1H3/b10-6-. The summed E-state index contributed by atoms with van der Waals surface area (Å²) in [7, 11) is 1.60. The Kier molecular flexibility index (Phi) is 3.36. The number of nitrogens with zero attached hydrogens (tertiary/aromatic N) is 1. The van der Waals surface area contributed by atoms with Crippen LogP contribution in [0.5, 0.6) is 5.75 Å². The van der Waals surface area contributed by atoms with Gasteiger partial charge in [-0.05, 0) is 29.8 Å². The number of benzene rings is 1. The molecular weight excluding hydrogens is 186 g/mol. The first-order valence-corrected chi connectivity index (χ1v) is 4.05. The molecule has 0 aromatic heterocycles. The fourth-order valence-corrected chi connectivity index (χ4v) is 1.07. The maximum absolute atomic E-state index is 8.36. The first kappa shape index (κ1) is 9.63. The van der Waals surface area contributed by atoms with E-state index in [4.69, 9.17) is 21.6 Å². The summed E-state index contributed by atoms with van der Waals surface area (Å²) < 4.78 is 4.98. The van der Waals surface area contributed by atoms with Crippen molar-refractivity contribution in [3.05, 3.63) is 35.9 Å². The molecule has 0 saturated heterocycles. The first-order valence-electron chi connectivity index (χ1n) is 3.67. The zero-order valence-electron chi connectivity index (χ0n) is 7.12. The van der Waals surface area contributed by atoms with Crippen LogP contribution in [0.15, 0.2) is 30.3 Å². The lowest BCUT2D eigenvalue weighted by atomic mass is 10.2. The van der Waals surface area contributed by atoms with Crippen molar-refractivity contribution in [1.29, 1.82) is 5.26 Å². The van der Waals surface area contributed by atoms with E-state index < -0.39 is 0 Å². The zero-order valence-corrected chi connectivity index (χ0v) is 7.88. The van der Waals surface area contributed by atoms with Gasteiger partial charge in [0.25, 0.3) is 0 Å². The summed E-state index contributed by atoms with van der Waals surface area (Å²) in [6.07, 6.45) is 1.30. The minimum atomic E-state index is 0.435. The normalized spacial score (nSPS) is 10.7. The highest BCUT2D eigenvalue weighted by Gasteiger charge is 1.97. The van der Waals surface area contributed by atoms with Crippen molar-refractivity contribution in [2.24, 2.45) is 0 Å². The summed E-state index contributed by atoms with van der Waals surface area (Å²) in [5.41, 5.74) is 0.809. The lowest BCUT2D eigenvalue weighted by Crippen LogP contribution is -1.82. The molecule has 0 aliphatic carbocycles. The highest BCUT2D eigenvalue weighted by atomic mass is 35.5. The van der Waals surface area contributed by atoms with Crippen molar-refractivity contribution in [2.75, 3.05) is 7.11 Å². The molecular formula is C10H8ClNO. The van der Waals surface area contributed by atoms with Gasteiger partial charge >= 0.3 is 0 Å². The van der Waals surface area contributed by atoms with E-state index >= 15 is 0 Å². The molecule has 1 rings (SSSR count). The van der Waals surface area contributed by atoms with Crippen LogP contribution in [0.4, 0.5) is 0 Å². The Labute approximate surface area is 82.0 Å². The van der Waals surface area contributed by atoms with Crippen LogP contribution in [0, 0.1) is 11.3 Å². The van der Waals surface area contributed by atoms with Gasteiger partial charge in [0, 0.05) is 6.08 Å². The SMILES string of the molecule is COc1ccc(/C(Cl)=C/C#N)cc1. The van der Waals surface area contributed by atoms with Gasteiger partial charge in [-0.25, -0.2) is 0 Å². The van der Waals surface area contributed by atoms with Gasteiger partial charge in [0.2, 0.25) is 0 Å². The molecule has 0 aliphatic heterocycles. The van der Waals surface area contributed by atoms with Gasteiger partial charge in [0.1, 0.15) is 5.75 Å². The number of allylic oxidation sites excluding steroid dienone is 1. The van der Waals surface area contributed by atoms with E-state index in [0.717, 1.165) is 11.3 Å². The minimum absolute atomic E-state index is 0.435. The molecule has 0 N–H and O–H groups in total. The molecule has 1 aromatic carbocycles. The average Bonchev–Trinajstić information content (AvgIpc) is 2.18. The highest BCUT2D eigenvalue weighted by Crippen LogP contribution is 2.20. The van der Waals surface area contributed by atoms with E-state index in [2.05, 4.69) is 0 Å². The first-order chi connectivity index (χ1) is 6.27. The molecule has 0 saturated carbocycles. The van der Waals surface area contributed by atoms with Crippen LogP contribution in [0.25, 0.3) is 5.03 Å². The van der Waals surface area contributed by atoms with Gasteiger partial charge in [-0.15, -0.1) is 0 Å². The number of ether oxygens (including phenoxy) is 1. The number of hydrogen-bond donors (Lipinski definition) is 0. The van der Waals surface area contributed by atoms with Crippen molar-refractivity contribution < 1.29 is 4.74 Å². The van der Waals surface area contributed by atoms with Crippen LogP contribution in [-0.2, 0) is 0 Å². The van der Waals surface area contributed by atoms with Crippen LogP contribution in [0.1, 0.15) is 5.56 Å². The molecule has 0 radical (unpaired) electrons. The molecule has 0 aliphatic rings. The second kappa shape index (κ2) is 4.54. The van der Waals surface area contributed by atoms with Crippen molar-refractivity contribution in [2.45, 2.75) is 0 Å². The fraction of sp³-hybridized carbons (Fsp3) is 0.100. The largest absolute Gasteiger partial charge is 0.497 e. The van der Waals surface area contributed by atoms with Crippen LogP contribution in [-0.4, -0.2) is 7.11 Å². The van der Waals surface area contributed by atoms with Gasteiger partial charge in [0.15, 0.2) is 0 Å². The van der Waals surface area contributed by atoms with E-state index in [0.29, 0.717) is 5.03 Å². The summed E-state index contributed by atoms with van der Waals surface area (Å²) in [6, 6.07) is 9.06. The Bertz CT molecular complexity index is 348. The number of nitriles is 1. The van der Waals surface area contributed by atoms with Gasteiger partial charge in [-0.1, -0.05) is 11.6 Å². The summed E-state index contributed by atoms with van der Waals surface area (Å²) >= 11 is 5.80. The van der Waals surface area contributed by atoms with E-state index in [1.807, 2.05) is 6.07 Å². The molecule has 1 aromatic rings.